The summed E-state index contributed by atoms with van der Waals surface area (Å²) in [5.41, 5.74) is -4.92. The fourth-order valence-electron chi connectivity index (χ4n) is 5.14. The van der Waals surface area contributed by atoms with E-state index in [2.05, 4.69) is 15.0 Å². The van der Waals surface area contributed by atoms with Gasteiger partial charge in [-0.25, -0.2) is 15.0 Å². The van der Waals surface area contributed by atoms with Crippen molar-refractivity contribution in [3.63, 3.8) is 0 Å². The molecule has 6 N–H and O–H groups in total. The molecule has 0 spiro atoms. The van der Waals surface area contributed by atoms with Crippen LogP contribution in [0.15, 0.2) is 36.7 Å². The molecule has 0 bridgehead atoms. The van der Waals surface area contributed by atoms with Crippen molar-refractivity contribution in [1.82, 2.24) is 19.5 Å². The third-order valence-corrected chi connectivity index (χ3v) is 7.37. The number of imidazole rings is 1. The Hall–Kier alpha value is -4.28. The van der Waals surface area contributed by atoms with Gasteiger partial charge in [0.2, 0.25) is 22.8 Å². The number of Topliss-reactive ketones (excluding diaryl/α,β-unsaturated/α-hetero) is 4. The number of fused-ring (bicyclic) bond motifs is 1. The van der Waals surface area contributed by atoms with Gasteiger partial charge in [0, 0.05) is 5.56 Å². The Bertz CT molecular complexity index is 1610. The Morgan fingerprint density at radius 1 is 0.927 bits per heavy atom. The number of rotatable bonds is 8. The van der Waals surface area contributed by atoms with Gasteiger partial charge in [-0.05, 0) is 27.7 Å². The molecule has 1 aromatic carbocycles. The Labute approximate surface area is 231 Å². The van der Waals surface area contributed by atoms with E-state index in [0.717, 1.165) is 24.7 Å². The monoisotopic (exact) mass is 569 g/mol. The van der Waals surface area contributed by atoms with Gasteiger partial charge in [0.25, 0.3) is 0 Å². The molecule has 0 saturated carbocycles. The average Bonchev–Trinajstić information content (AvgIpc) is 3.35. The van der Waals surface area contributed by atoms with Gasteiger partial charge < -0.3 is 30.9 Å². The minimum atomic E-state index is -3.68. The Balaban J connectivity index is 2.04. The van der Waals surface area contributed by atoms with E-state index in [4.69, 9.17) is 10.5 Å². The third kappa shape index (κ3) is 4.00. The van der Waals surface area contributed by atoms with Crippen LogP contribution >= 0.6 is 0 Å². The summed E-state index contributed by atoms with van der Waals surface area (Å²) in [6, 6.07) is 7.86. The van der Waals surface area contributed by atoms with Gasteiger partial charge in [0.15, 0.2) is 46.4 Å². The molecule has 15 nitrogen and oxygen atoms in total. The summed E-state index contributed by atoms with van der Waals surface area (Å²) in [5.74, 6) is -6.71. The minimum absolute atomic E-state index is 0.161. The molecule has 0 radical (unpaired) electrons. The lowest BCUT2D eigenvalue weighted by atomic mass is 9.59. The quantitative estimate of drug-likeness (QED) is 0.193. The van der Waals surface area contributed by atoms with E-state index in [9.17, 15) is 44.4 Å². The van der Waals surface area contributed by atoms with Crippen LogP contribution < -0.4 is 5.73 Å². The number of hydrogen-bond acceptors (Lipinski definition) is 14. The molecular weight excluding hydrogens is 542 g/mol. The SMILES string of the molecule is CC(=O)C(O)[C@H]1O[C@@H](n2cnc3c(N)nc(C(=O)c4ccccc4)nc32)[C@@](O)(C(C)=O)[C@](O)(C(C)=O)[C@@]1(O)C(C)=O. The van der Waals surface area contributed by atoms with Crippen molar-refractivity contribution in [2.24, 2.45) is 0 Å². The second-order valence-electron chi connectivity index (χ2n) is 9.83. The molecule has 41 heavy (non-hydrogen) atoms. The number of nitrogen functional groups attached to an aromatic ring is 1. The number of benzene rings is 1. The van der Waals surface area contributed by atoms with Crippen molar-refractivity contribution in [3.8, 4) is 0 Å². The van der Waals surface area contributed by atoms with Crippen LogP contribution in [0, 0.1) is 0 Å². The molecule has 15 heteroatoms. The van der Waals surface area contributed by atoms with E-state index in [0.29, 0.717) is 13.8 Å². The molecule has 1 fully saturated rings. The van der Waals surface area contributed by atoms with Crippen LogP contribution in [0.25, 0.3) is 11.2 Å². The summed E-state index contributed by atoms with van der Waals surface area (Å²) in [6.45, 7) is 3.02. The highest BCUT2D eigenvalue weighted by Gasteiger charge is 2.79. The van der Waals surface area contributed by atoms with Gasteiger partial charge in [-0.1, -0.05) is 30.3 Å². The van der Waals surface area contributed by atoms with Crippen molar-refractivity contribution in [2.75, 3.05) is 5.73 Å². The molecule has 216 valence electrons. The molecule has 2 aromatic heterocycles. The number of anilines is 1. The van der Waals surface area contributed by atoms with Gasteiger partial charge in [-0.2, -0.15) is 0 Å². The number of carbonyl (C=O) groups excluding carboxylic acids is 5. The molecule has 1 saturated heterocycles. The predicted molar refractivity (Wildman–Crippen MR) is 137 cm³/mol. The molecule has 1 unspecified atom stereocenters. The first-order chi connectivity index (χ1) is 19.0. The Morgan fingerprint density at radius 3 is 2.02 bits per heavy atom. The topological polar surface area (TPSA) is 245 Å². The lowest BCUT2D eigenvalue weighted by Gasteiger charge is -2.58. The maximum absolute atomic E-state index is 13.1. The number of ketones is 5. The highest BCUT2D eigenvalue weighted by atomic mass is 16.6. The largest absolute Gasteiger partial charge is 0.382 e. The standard InChI is InChI=1S/C26H27N5O10/c1-11(32)17(36)19-24(38,12(2)33)26(40,14(4)35)25(39,13(3)34)23(41-19)31-10-28-16-20(27)29-21(30-22(16)31)18(37)15-8-6-5-7-9-15/h5-10,17,19,23,36,38-40H,1-4H3,(H2,27,29,30)/t17?,19-,23-,24-,25+,26+/m1/s1. The predicted octanol–water partition coefficient (Wildman–Crippen LogP) is -1.55. The van der Waals surface area contributed by atoms with Gasteiger partial charge in [0.1, 0.15) is 17.7 Å². The Kier molecular flexibility index (Phi) is 7.22. The number of nitrogens with two attached hydrogens (primary N) is 1. The number of aliphatic hydroxyl groups excluding tert-OH is 1. The van der Waals surface area contributed by atoms with E-state index in [1.807, 2.05) is 0 Å². The highest BCUT2D eigenvalue weighted by Crippen LogP contribution is 2.51. The first-order valence-electron chi connectivity index (χ1n) is 12.2. The molecule has 0 amide bonds. The zero-order valence-corrected chi connectivity index (χ0v) is 22.3. The van der Waals surface area contributed by atoms with Crippen LogP contribution in [-0.4, -0.2) is 97.9 Å². The van der Waals surface area contributed by atoms with Crippen LogP contribution in [0.3, 0.4) is 0 Å². The second-order valence-corrected chi connectivity index (χ2v) is 9.83. The normalized spacial score (nSPS) is 28.7. The van der Waals surface area contributed by atoms with E-state index >= 15 is 0 Å². The molecule has 0 aliphatic carbocycles. The van der Waals surface area contributed by atoms with Gasteiger partial charge in [-0.3, -0.25) is 28.5 Å². The van der Waals surface area contributed by atoms with Crippen molar-refractivity contribution < 1.29 is 49.1 Å². The zero-order valence-electron chi connectivity index (χ0n) is 22.3. The summed E-state index contributed by atoms with van der Waals surface area (Å²) in [4.78, 5) is 76.4. The lowest BCUT2D eigenvalue weighted by Crippen LogP contribution is -2.85. The molecule has 3 aromatic rings. The number of nitrogens with zero attached hydrogens (tertiary/aromatic N) is 4. The number of ether oxygens (including phenoxy) is 1. The first-order valence-corrected chi connectivity index (χ1v) is 12.2. The molecule has 4 rings (SSSR count). The van der Waals surface area contributed by atoms with E-state index in [-0.39, 0.29) is 22.5 Å². The van der Waals surface area contributed by atoms with Crippen molar-refractivity contribution >= 4 is 45.9 Å². The molecule has 1 aliphatic rings. The van der Waals surface area contributed by atoms with Crippen LogP contribution in [0.1, 0.15) is 50.1 Å². The fourth-order valence-corrected chi connectivity index (χ4v) is 5.14. The number of aliphatic hydroxyl groups is 4. The molecule has 1 aliphatic heterocycles. The summed E-state index contributed by atoms with van der Waals surface area (Å²) in [7, 11) is 0. The van der Waals surface area contributed by atoms with Crippen LogP contribution in [0.5, 0.6) is 0 Å². The zero-order chi connectivity index (χ0) is 30.7. The van der Waals surface area contributed by atoms with Gasteiger partial charge in [0.05, 0.1) is 6.33 Å². The van der Waals surface area contributed by atoms with E-state index in [1.165, 1.54) is 12.1 Å². The molecule has 6 atom stereocenters. The second kappa shape index (κ2) is 9.97. The minimum Gasteiger partial charge on any atom is -0.382 e. The number of carbonyl (C=O) groups is 5. The third-order valence-electron chi connectivity index (χ3n) is 7.37. The van der Waals surface area contributed by atoms with Crippen LogP contribution in [0.2, 0.25) is 0 Å². The van der Waals surface area contributed by atoms with E-state index < -0.39 is 70.0 Å². The fraction of sp³-hybridized carbons (Fsp3) is 0.385. The van der Waals surface area contributed by atoms with Crippen molar-refractivity contribution in [3.05, 3.63) is 48.0 Å². The summed E-state index contributed by atoms with van der Waals surface area (Å²) in [6.07, 6.45) is -6.08. The summed E-state index contributed by atoms with van der Waals surface area (Å²) < 4.78 is 6.51. The van der Waals surface area contributed by atoms with Gasteiger partial charge in [-0.15, -0.1) is 0 Å². The van der Waals surface area contributed by atoms with Crippen LogP contribution in [0.4, 0.5) is 5.82 Å². The smallest absolute Gasteiger partial charge is 0.230 e. The molecule has 3 heterocycles. The van der Waals surface area contributed by atoms with Gasteiger partial charge >= 0.3 is 0 Å². The molecular formula is C26H27N5O10. The maximum atomic E-state index is 13.1. The van der Waals surface area contributed by atoms with Crippen molar-refractivity contribution in [2.45, 2.75) is 62.9 Å². The van der Waals surface area contributed by atoms with E-state index in [1.54, 1.807) is 18.2 Å². The Morgan fingerprint density at radius 2 is 1.51 bits per heavy atom. The average molecular weight is 570 g/mol. The highest BCUT2D eigenvalue weighted by molar-refractivity contribution is 6.08. The lowest BCUT2D eigenvalue weighted by molar-refractivity contribution is -0.342. The summed E-state index contributed by atoms with van der Waals surface area (Å²) >= 11 is 0. The number of hydrogen-bond donors (Lipinski definition) is 5. The van der Waals surface area contributed by atoms with Crippen LogP contribution in [-0.2, 0) is 23.9 Å². The van der Waals surface area contributed by atoms with Crippen molar-refractivity contribution in [1.29, 1.82) is 0 Å². The maximum Gasteiger partial charge on any atom is 0.230 e. The first kappa shape index (κ1) is 29.7. The number of aromatic nitrogens is 4. The summed E-state index contributed by atoms with van der Waals surface area (Å²) in [5, 5.41) is 45.9.